The van der Waals surface area contributed by atoms with Gasteiger partial charge in [-0.05, 0) is 23.6 Å². The van der Waals surface area contributed by atoms with Crippen molar-refractivity contribution < 1.29 is 18.3 Å². The van der Waals surface area contributed by atoms with E-state index in [0.717, 1.165) is 16.8 Å². The molecule has 2 N–H and O–H groups in total. The van der Waals surface area contributed by atoms with Gasteiger partial charge in [0.05, 0.1) is 10.6 Å². The van der Waals surface area contributed by atoms with E-state index in [2.05, 4.69) is 9.71 Å². The normalized spacial score (nSPS) is 22.7. The van der Waals surface area contributed by atoms with Crippen LogP contribution in [0.3, 0.4) is 0 Å². The lowest BCUT2D eigenvalue weighted by Crippen LogP contribution is -2.45. The lowest BCUT2D eigenvalue weighted by atomic mass is 10.1. The molecule has 0 amide bonds. The summed E-state index contributed by atoms with van der Waals surface area (Å²) in [5.41, 5.74) is 1.44. The van der Waals surface area contributed by atoms with Gasteiger partial charge in [0.2, 0.25) is 10.0 Å². The van der Waals surface area contributed by atoms with Crippen molar-refractivity contribution in [3.8, 4) is 11.3 Å². The lowest BCUT2D eigenvalue weighted by Gasteiger charge is -2.16. The summed E-state index contributed by atoms with van der Waals surface area (Å²) < 4.78 is 30.6. The fourth-order valence-corrected chi connectivity index (χ4v) is 5.92. The monoisotopic (exact) mass is 447 g/mol. The van der Waals surface area contributed by atoms with Crippen molar-refractivity contribution in [2.75, 3.05) is 0 Å². The first-order valence-electron chi connectivity index (χ1n) is 10.2. The summed E-state index contributed by atoms with van der Waals surface area (Å²) in [5, 5.41) is 9.98. The first-order chi connectivity index (χ1) is 15.3. The van der Waals surface area contributed by atoms with Crippen LogP contribution in [0.15, 0.2) is 90.1 Å². The van der Waals surface area contributed by atoms with E-state index in [1.54, 1.807) is 23.6 Å². The molecule has 0 spiro atoms. The standard InChI is InChI=1S/C24H21N3O4S/c1-16-22(18-10-6-3-7-11-18)24(16,23(28)29)26-32(30,31)19-12-13-21-25-20(15-27(21)14-19)17-8-4-2-5-9-17/h2-16,22,26H,1H3,(H,28,29)/t16-,22-,24+/m1/s1. The van der Waals surface area contributed by atoms with Gasteiger partial charge in [0.25, 0.3) is 0 Å². The molecule has 2 aromatic carbocycles. The van der Waals surface area contributed by atoms with Crippen LogP contribution >= 0.6 is 0 Å². The van der Waals surface area contributed by atoms with Crippen LogP contribution in [-0.2, 0) is 14.8 Å². The number of hydrogen-bond acceptors (Lipinski definition) is 4. The van der Waals surface area contributed by atoms with E-state index in [1.165, 1.54) is 12.3 Å². The second-order valence-electron chi connectivity index (χ2n) is 8.08. The van der Waals surface area contributed by atoms with Crippen LogP contribution < -0.4 is 4.72 Å². The first-order valence-corrected chi connectivity index (χ1v) is 11.7. The van der Waals surface area contributed by atoms with E-state index in [4.69, 9.17) is 0 Å². The molecule has 2 heterocycles. The smallest absolute Gasteiger partial charge is 0.325 e. The summed E-state index contributed by atoms with van der Waals surface area (Å²) in [4.78, 5) is 16.7. The number of carbonyl (C=O) groups is 1. The number of carboxylic acids is 1. The molecule has 32 heavy (non-hydrogen) atoms. The Morgan fingerprint density at radius 2 is 1.66 bits per heavy atom. The second-order valence-corrected chi connectivity index (χ2v) is 9.76. The van der Waals surface area contributed by atoms with Gasteiger partial charge in [-0.1, -0.05) is 67.6 Å². The maximum absolute atomic E-state index is 13.2. The van der Waals surface area contributed by atoms with Crippen LogP contribution in [0.2, 0.25) is 0 Å². The van der Waals surface area contributed by atoms with E-state index in [9.17, 15) is 18.3 Å². The Labute approximate surface area is 185 Å². The number of nitrogens with one attached hydrogen (secondary N) is 1. The summed E-state index contributed by atoms with van der Waals surface area (Å²) in [7, 11) is -4.10. The molecule has 2 aromatic heterocycles. The minimum Gasteiger partial charge on any atom is -0.480 e. The highest BCUT2D eigenvalue weighted by molar-refractivity contribution is 7.89. The summed E-state index contributed by atoms with van der Waals surface area (Å²) in [6.07, 6.45) is 3.21. The molecule has 162 valence electrons. The van der Waals surface area contributed by atoms with Gasteiger partial charge in [0.1, 0.15) is 11.2 Å². The largest absolute Gasteiger partial charge is 0.480 e. The number of rotatable bonds is 6. The Bertz CT molecular complexity index is 1420. The van der Waals surface area contributed by atoms with E-state index in [-0.39, 0.29) is 10.8 Å². The molecule has 1 saturated carbocycles. The SMILES string of the molecule is C[C@@H]1[C@H](c2ccccc2)[C@]1(NS(=O)(=O)c1ccc2nc(-c3ccccc3)cn2c1)C(=O)O. The Morgan fingerprint density at radius 3 is 2.31 bits per heavy atom. The van der Waals surface area contributed by atoms with Crippen molar-refractivity contribution >= 4 is 21.6 Å². The highest BCUT2D eigenvalue weighted by Gasteiger charge is 2.70. The molecular weight excluding hydrogens is 426 g/mol. The molecule has 0 aliphatic heterocycles. The first kappa shape index (κ1) is 20.4. The summed E-state index contributed by atoms with van der Waals surface area (Å²) in [6, 6.07) is 21.8. The van der Waals surface area contributed by atoms with Crippen LogP contribution in [-0.4, -0.2) is 34.4 Å². The maximum Gasteiger partial charge on any atom is 0.325 e. The lowest BCUT2D eigenvalue weighted by molar-refractivity contribution is -0.140. The maximum atomic E-state index is 13.2. The molecule has 1 fully saturated rings. The van der Waals surface area contributed by atoms with Gasteiger partial charge in [-0.3, -0.25) is 4.79 Å². The van der Waals surface area contributed by atoms with E-state index >= 15 is 0 Å². The fraction of sp³-hybridized carbons (Fsp3) is 0.167. The van der Waals surface area contributed by atoms with Gasteiger partial charge in [0.15, 0.2) is 0 Å². The van der Waals surface area contributed by atoms with Crippen molar-refractivity contribution in [3.63, 3.8) is 0 Å². The number of pyridine rings is 1. The topological polar surface area (TPSA) is 101 Å². The predicted molar refractivity (Wildman–Crippen MR) is 120 cm³/mol. The molecule has 0 bridgehead atoms. The van der Waals surface area contributed by atoms with Gasteiger partial charge in [-0.15, -0.1) is 0 Å². The van der Waals surface area contributed by atoms with Gasteiger partial charge >= 0.3 is 5.97 Å². The molecule has 0 radical (unpaired) electrons. The Balaban J connectivity index is 1.49. The average molecular weight is 448 g/mol. The van der Waals surface area contributed by atoms with Crippen molar-refractivity contribution in [2.24, 2.45) is 5.92 Å². The summed E-state index contributed by atoms with van der Waals surface area (Å²) >= 11 is 0. The zero-order chi connectivity index (χ0) is 22.5. The number of benzene rings is 2. The molecule has 1 aliphatic carbocycles. The van der Waals surface area contributed by atoms with Gasteiger partial charge in [0, 0.05) is 23.9 Å². The molecule has 8 heteroatoms. The van der Waals surface area contributed by atoms with Crippen LogP contribution in [0.5, 0.6) is 0 Å². The summed E-state index contributed by atoms with van der Waals surface area (Å²) in [5.74, 6) is -2.02. The third-order valence-corrected chi connectivity index (χ3v) is 7.69. The minimum absolute atomic E-state index is 0.0199. The van der Waals surface area contributed by atoms with Crippen LogP contribution in [0.25, 0.3) is 16.9 Å². The Kier molecular flexibility index (Phi) is 4.65. The molecule has 5 rings (SSSR count). The molecule has 4 aromatic rings. The quantitative estimate of drug-likeness (QED) is 0.471. The van der Waals surface area contributed by atoms with Crippen molar-refractivity contribution in [3.05, 3.63) is 90.8 Å². The molecule has 0 unspecified atom stereocenters. The van der Waals surface area contributed by atoms with Crippen molar-refractivity contribution in [1.29, 1.82) is 0 Å². The van der Waals surface area contributed by atoms with E-state index < -0.39 is 27.4 Å². The Morgan fingerprint density at radius 1 is 1.00 bits per heavy atom. The molecule has 7 nitrogen and oxygen atoms in total. The number of hydrogen-bond donors (Lipinski definition) is 2. The number of aliphatic carboxylic acids is 1. The fourth-order valence-electron chi connectivity index (χ4n) is 4.46. The zero-order valence-electron chi connectivity index (χ0n) is 17.2. The van der Waals surface area contributed by atoms with E-state index in [1.807, 2.05) is 60.7 Å². The number of aromatic nitrogens is 2. The number of fused-ring (bicyclic) bond motifs is 1. The summed E-state index contributed by atoms with van der Waals surface area (Å²) in [6.45, 7) is 1.75. The number of carboxylic acid groups (broad SMARTS) is 1. The third-order valence-electron chi connectivity index (χ3n) is 6.22. The van der Waals surface area contributed by atoms with E-state index in [0.29, 0.717) is 5.65 Å². The van der Waals surface area contributed by atoms with Gasteiger partial charge < -0.3 is 9.51 Å². The number of nitrogens with zero attached hydrogens (tertiary/aromatic N) is 2. The minimum atomic E-state index is -4.10. The van der Waals surface area contributed by atoms with Crippen LogP contribution in [0.4, 0.5) is 0 Å². The highest BCUT2D eigenvalue weighted by Crippen LogP contribution is 2.58. The molecule has 3 atom stereocenters. The molecule has 1 aliphatic rings. The number of imidazole rings is 1. The van der Waals surface area contributed by atoms with Crippen molar-refractivity contribution in [2.45, 2.75) is 23.3 Å². The number of sulfonamides is 1. The second kappa shape index (κ2) is 7.29. The third kappa shape index (κ3) is 3.19. The molecule has 0 saturated heterocycles. The average Bonchev–Trinajstić information content (AvgIpc) is 3.17. The Hall–Kier alpha value is -3.49. The van der Waals surface area contributed by atoms with Gasteiger partial charge in [-0.2, -0.15) is 4.72 Å². The predicted octanol–water partition coefficient (Wildman–Crippen LogP) is 3.54. The van der Waals surface area contributed by atoms with Gasteiger partial charge in [-0.25, -0.2) is 13.4 Å². The van der Waals surface area contributed by atoms with Crippen LogP contribution in [0, 0.1) is 5.92 Å². The van der Waals surface area contributed by atoms with Crippen molar-refractivity contribution in [1.82, 2.24) is 14.1 Å². The molecular formula is C24H21N3O4S. The zero-order valence-corrected chi connectivity index (χ0v) is 18.0. The van der Waals surface area contributed by atoms with Crippen LogP contribution in [0.1, 0.15) is 18.4 Å². The highest BCUT2D eigenvalue weighted by atomic mass is 32.2.